The Morgan fingerprint density at radius 1 is 1.04 bits per heavy atom. The second kappa shape index (κ2) is 7.37. The number of aromatic amines is 1. The first-order valence-electron chi connectivity index (χ1n) is 7.80. The van der Waals surface area contributed by atoms with Crippen LogP contribution >= 0.6 is 0 Å². The lowest BCUT2D eigenvalue weighted by Crippen LogP contribution is -2.26. The summed E-state index contributed by atoms with van der Waals surface area (Å²) in [5.41, 5.74) is -1.96. The molecule has 0 aliphatic heterocycles. The van der Waals surface area contributed by atoms with E-state index in [-0.39, 0.29) is 16.7 Å². The average Bonchev–Trinajstić information content (AvgIpc) is 3.13. The summed E-state index contributed by atoms with van der Waals surface area (Å²) in [6, 6.07) is 6.75. The lowest BCUT2D eigenvalue weighted by atomic mass is 9.98. The van der Waals surface area contributed by atoms with Gasteiger partial charge in [-0.05, 0) is 29.3 Å². The number of nitrogens with zero attached hydrogens (tertiary/aromatic N) is 1. The minimum atomic E-state index is -4.85. The summed E-state index contributed by atoms with van der Waals surface area (Å²) in [7, 11) is 0. The maximum absolute atomic E-state index is 14.3. The molecule has 2 aromatic carbocycles. The van der Waals surface area contributed by atoms with E-state index in [9.17, 15) is 31.1 Å². The van der Waals surface area contributed by atoms with Crippen molar-refractivity contribution >= 4 is 5.91 Å². The third kappa shape index (κ3) is 3.85. The van der Waals surface area contributed by atoms with Gasteiger partial charge in [0.2, 0.25) is 0 Å². The number of hydrogen-bond acceptors (Lipinski definition) is 2. The molecule has 2 N–H and O–H groups in total. The predicted molar refractivity (Wildman–Crippen MR) is 86.5 cm³/mol. The number of alkyl halides is 3. The number of carbonyl (C=O) groups is 1. The normalized spacial score (nSPS) is 11.5. The van der Waals surface area contributed by atoms with Gasteiger partial charge >= 0.3 is 6.18 Å². The van der Waals surface area contributed by atoms with Gasteiger partial charge in [0, 0.05) is 18.3 Å². The van der Waals surface area contributed by atoms with Gasteiger partial charge in [-0.15, -0.1) is 0 Å². The Bertz CT molecular complexity index is 1030. The van der Waals surface area contributed by atoms with Gasteiger partial charge in [0.25, 0.3) is 5.91 Å². The molecular formula is C18H11F6N3O. The highest BCUT2D eigenvalue weighted by molar-refractivity contribution is 5.95. The van der Waals surface area contributed by atoms with E-state index < -0.39 is 47.3 Å². The van der Waals surface area contributed by atoms with Crippen LogP contribution in [0.5, 0.6) is 0 Å². The summed E-state index contributed by atoms with van der Waals surface area (Å²) in [5.74, 6) is -4.13. The Morgan fingerprint density at radius 3 is 2.46 bits per heavy atom. The summed E-state index contributed by atoms with van der Waals surface area (Å²) >= 11 is 0. The van der Waals surface area contributed by atoms with Crippen molar-refractivity contribution in [2.75, 3.05) is 0 Å². The molecule has 1 heterocycles. The summed E-state index contributed by atoms with van der Waals surface area (Å²) in [5, 5.41) is 7.15. The molecule has 28 heavy (non-hydrogen) atoms. The van der Waals surface area contributed by atoms with Crippen LogP contribution in [0.15, 0.2) is 42.6 Å². The summed E-state index contributed by atoms with van der Waals surface area (Å²) in [6.07, 6.45) is -4.07. The Balaban J connectivity index is 1.88. The Morgan fingerprint density at radius 2 is 1.79 bits per heavy atom. The zero-order valence-electron chi connectivity index (χ0n) is 13.9. The van der Waals surface area contributed by atoms with Crippen molar-refractivity contribution in [3.8, 4) is 11.1 Å². The van der Waals surface area contributed by atoms with Crippen molar-refractivity contribution in [2.45, 2.75) is 12.7 Å². The highest BCUT2D eigenvalue weighted by Gasteiger charge is 2.38. The number of halogens is 6. The quantitative estimate of drug-likeness (QED) is 0.638. The summed E-state index contributed by atoms with van der Waals surface area (Å²) in [6.45, 7) is -0.484. The predicted octanol–water partition coefficient (Wildman–Crippen LogP) is 4.44. The molecule has 0 bridgehead atoms. The molecule has 0 aliphatic carbocycles. The van der Waals surface area contributed by atoms with Crippen molar-refractivity contribution in [1.82, 2.24) is 15.5 Å². The molecule has 146 valence electrons. The molecule has 0 aliphatic rings. The number of nitrogens with one attached hydrogen (secondary N) is 2. The van der Waals surface area contributed by atoms with E-state index in [2.05, 4.69) is 10.4 Å². The number of benzene rings is 2. The average molecular weight is 399 g/mol. The number of aromatic nitrogens is 2. The lowest BCUT2D eigenvalue weighted by Gasteiger charge is -2.13. The lowest BCUT2D eigenvalue weighted by molar-refractivity contribution is -0.141. The zero-order chi connectivity index (χ0) is 20.5. The minimum absolute atomic E-state index is 0.0982. The fourth-order valence-corrected chi connectivity index (χ4v) is 2.62. The van der Waals surface area contributed by atoms with Gasteiger partial charge in [0.1, 0.15) is 5.82 Å². The van der Waals surface area contributed by atoms with Gasteiger partial charge in [-0.3, -0.25) is 9.89 Å². The molecule has 0 radical (unpaired) electrons. The molecule has 0 saturated heterocycles. The molecular weight excluding hydrogens is 388 g/mol. The SMILES string of the molecule is O=C(NCc1c(F)cccc1-c1ccc(F)c(F)c1)c1c[nH]nc1C(F)(F)F. The summed E-state index contributed by atoms with van der Waals surface area (Å²) < 4.78 is 79.4. The van der Waals surface area contributed by atoms with Crippen LogP contribution in [0.2, 0.25) is 0 Å². The minimum Gasteiger partial charge on any atom is -0.348 e. The van der Waals surface area contributed by atoms with Crippen LogP contribution in [0, 0.1) is 17.5 Å². The van der Waals surface area contributed by atoms with Crippen LogP contribution in [-0.2, 0) is 12.7 Å². The molecule has 0 unspecified atom stereocenters. The molecule has 10 heteroatoms. The van der Waals surface area contributed by atoms with Crippen LogP contribution in [-0.4, -0.2) is 16.1 Å². The van der Waals surface area contributed by atoms with Crippen LogP contribution in [0.4, 0.5) is 26.3 Å². The maximum Gasteiger partial charge on any atom is 0.435 e. The van der Waals surface area contributed by atoms with E-state index in [1.807, 2.05) is 5.10 Å². The Labute approximate surface area is 154 Å². The third-order valence-electron chi connectivity index (χ3n) is 3.93. The Kier molecular flexibility index (Phi) is 5.12. The van der Waals surface area contributed by atoms with E-state index in [4.69, 9.17) is 0 Å². The first kappa shape index (κ1) is 19.5. The molecule has 0 saturated carbocycles. The number of amides is 1. The number of H-pyrrole nitrogens is 1. The molecule has 1 aromatic heterocycles. The van der Waals surface area contributed by atoms with E-state index >= 15 is 0 Å². The van der Waals surface area contributed by atoms with Gasteiger partial charge in [-0.2, -0.15) is 18.3 Å². The van der Waals surface area contributed by atoms with Gasteiger partial charge in [-0.25, -0.2) is 13.2 Å². The van der Waals surface area contributed by atoms with Gasteiger partial charge in [0.05, 0.1) is 5.56 Å². The van der Waals surface area contributed by atoms with Crippen LogP contribution in [0.3, 0.4) is 0 Å². The largest absolute Gasteiger partial charge is 0.435 e. The van der Waals surface area contributed by atoms with E-state index in [1.165, 1.54) is 18.2 Å². The van der Waals surface area contributed by atoms with Crippen molar-refractivity contribution in [3.05, 3.63) is 76.9 Å². The van der Waals surface area contributed by atoms with Crippen LogP contribution in [0.25, 0.3) is 11.1 Å². The fraction of sp³-hybridized carbons (Fsp3) is 0.111. The van der Waals surface area contributed by atoms with Gasteiger partial charge < -0.3 is 5.32 Å². The van der Waals surface area contributed by atoms with Crippen LogP contribution < -0.4 is 5.32 Å². The number of rotatable bonds is 4. The second-order valence-corrected chi connectivity index (χ2v) is 5.72. The van der Waals surface area contributed by atoms with Crippen molar-refractivity contribution in [1.29, 1.82) is 0 Å². The highest BCUT2D eigenvalue weighted by Crippen LogP contribution is 2.30. The molecule has 1 amide bonds. The van der Waals surface area contributed by atoms with E-state index in [0.29, 0.717) is 0 Å². The van der Waals surface area contributed by atoms with Crippen molar-refractivity contribution < 1.29 is 31.1 Å². The molecule has 0 fully saturated rings. The van der Waals surface area contributed by atoms with E-state index in [0.717, 1.165) is 24.4 Å². The first-order chi connectivity index (χ1) is 13.2. The first-order valence-corrected chi connectivity index (χ1v) is 7.80. The van der Waals surface area contributed by atoms with E-state index in [1.54, 1.807) is 0 Å². The molecule has 0 spiro atoms. The molecule has 3 rings (SSSR count). The summed E-state index contributed by atoms with van der Waals surface area (Å²) in [4.78, 5) is 12.1. The monoisotopic (exact) mass is 399 g/mol. The zero-order valence-corrected chi connectivity index (χ0v) is 13.9. The topological polar surface area (TPSA) is 57.8 Å². The van der Waals surface area contributed by atoms with Gasteiger partial charge in [0.15, 0.2) is 17.3 Å². The van der Waals surface area contributed by atoms with Crippen molar-refractivity contribution in [2.24, 2.45) is 0 Å². The highest BCUT2D eigenvalue weighted by atomic mass is 19.4. The molecule has 3 aromatic rings. The van der Waals surface area contributed by atoms with Crippen LogP contribution in [0.1, 0.15) is 21.6 Å². The Hall–Kier alpha value is -3.30. The van der Waals surface area contributed by atoms with Gasteiger partial charge in [-0.1, -0.05) is 18.2 Å². The maximum atomic E-state index is 14.3. The fourth-order valence-electron chi connectivity index (χ4n) is 2.62. The molecule has 0 atom stereocenters. The number of carbonyl (C=O) groups excluding carboxylic acids is 1. The van der Waals surface area contributed by atoms with Crippen molar-refractivity contribution in [3.63, 3.8) is 0 Å². The smallest absolute Gasteiger partial charge is 0.348 e. The molecule has 4 nitrogen and oxygen atoms in total. The third-order valence-corrected chi connectivity index (χ3v) is 3.93. The number of hydrogen-bond donors (Lipinski definition) is 2. The second-order valence-electron chi connectivity index (χ2n) is 5.72. The standard InChI is InChI=1S/C18H11F6N3O/c19-13-3-1-2-10(9-4-5-14(20)15(21)6-9)11(13)7-25-17(28)12-8-26-27-16(12)18(22,23)24/h1-6,8H,7H2,(H,25,28)(H,26,27).